The van der Waals surface area contributed by atoms with Crippen LogP contribution in [0.3, 0.4) is 0 Å². The van der Waals surface area contributed by atoms with Crippen molar-refractivity contribution in [2.45, 2.75) is 39.0 Å². The average molecular weight is 347 g/mol. The molecule has 5 heteroatoms. The van der Waals surface area contributed by atoms with Crippen LogP contribution in [0.15, 0.2) is 30.3 Å². The minimum absolute atomic E-state index is 0.0709. The predicted molar refractivity (Wildman–Crippen MR) is 96.3 cm³/mol. The lowest BCUT2D eigenvalue weighted by molar-refractivity contribution is -0.145. The first-order chi connectivity index (χ1) is 12.0. The first-order valence-electron chi connectivity index (χ1n) is 9.11. The van der Waals surface area contributed by atoms with Crippen LogP contribution in [0, 0.1) is 17.8 Å². The van der Waals surface area contributed by atoms with E-state index < -0.39 is 11.9 Å². The molecule has 1 amide bonds. The summed E-state index contributed by atoms with van der Waals surface area (Å²) in [6.45, 7) is 5.61. The van der Waals surface area contributed by atoms with Crippen molar-refractivity contribution in [1.82, 2.24) is 5.32 Å². The lowest BCUT2D eigenvalue weighted by Gasteiger charge is -2.28. The third kappa shape index (κ3) is 5.85. The highest BCUT2D eigenvalue weighted by atomic mass is 16.5. The van der Waals surface area contributed by atoms with Gasteiger partial charge in [-0.05, 0) is 36.2 Å². The second kappa shape index (κ2) is 9.56. The highest BCUT2D eigenvalue weighted by molar-refractivity contribution is 5.78. The van der Waals surface area contributed by atoms with Gasteiger partial charge < -0.3 is 15.2 Å². The van der Waals surface area contributed by atoms with Crippen molar-refractivity contribution >= 4 is 11.9 Å². The molecule has 0 aromatic heterocycles. The molecule has 2 N–H and O–H groups in total. The molecule has 1 saturated heterocycles. The van der Waals surface area contributed by atoms with E-state index in [1.165, 1.54) is 0 Å². The van der Waals surface area contributed by atoms with E-state index in [9.17, 15) is 14.7 Å². The van der Waals surface area contributed by atoms with Gasteiger partial charge in [-0.15, -0.1) is 0 Å². The molecule has 1 aliphatic rings. The normalized spacial score (nSPS) is 17.9. The van der Waals surface area contributed by atoms with Gasteiger partial charge in [0.25, 0.3) is 0 Å². The Kier molecular flexibility index (Phi) is 7.44. The zero-order chi connectivity index (χ0) is 18.2. The fraction of sp³-hybridized carbons (Fsp3) is 0.600. The predicted octanol–water partition coefficient (Wildman–Crippen LogP) is 3.06. The quantitative estimate of drug-likeness (QED) is 0.758. The second-order valence-electron chi connectivity index (χ2n) is 7.16. The largest absolute Gasteiger partial charge is 0.481 e. The van der Waals surface area contributed by atoms with Crippen molar-refractivity contribution in [3.05, 3.63) is 35.9 Å². The molecule has 1 fully saturated rings. The SMILES string of the molecule is CC(C)C(CC(=O)NCC(C(=O)O)C1CCOCC1)c1ccccc1. The maximum atomic E-state index is 12.4. The van der Waals surface area contributed by atoms with Crippen molar-refractivity contribution in [3.63, 3.8) is 0 Å². The molecule has 0 spiro atoms. The van der Waals surface area contributed by atoms with Crippen molar-refractivity contribution in [3.8, 4) is 0 Å². The van der Waals surface area contributed by atoms with Crippen LogP contribution in [0.5, 0.6) is 0 Å². The molecule has 25 heavy (non-hydrogen) atoms. The number of nitrogens with one attached hydrogen (secondary N) is 1. The zero-order valence-electron chi connectivity index (χ0n) is 15.1. The molecule has 0 bridgehead atoms. The van der Waals surface area contributed by atoms with E-state index in [1.54, 1.807) is 0 Å². The number of carboxylic acids is 1. The summed E-state index contributed by atoms with van der Waals surface area (Å²) in [6.07, 6.45) is 1.86. The molecule has 5 nitrogen and oxygen atoms in total. The van der Waals surface area contributed by atoms with E-state index in [4.69, 9.17) is 4.74 Å². The van der Waals surface area contributed by atoms with Gasteiger partial charge in [-0.3, -0.25) is 9.59 Å². The number of carbonyl (C=O) groups excluding carboxylic acids is 1. The van der Waals surface area contributed by atoms with Crippen LogP contribution in [0.25, 0.3) is 0 Å². The van der Waals surface area contributed by atoms with Crippen molar-refractivity contribution < 1.29 is 19.4 Å². The molecule has 0 saturated carbocycles. The van der Waals surface area contributed by atoms with Gasteiger partial charge in [0.2, 0.25) is 5.91 Å². The zero-order valence-corrected chi connectivity index (χ0v) is 15.1. The minimum Gasteiger partial charge on any atom is -0.481 e. The highest BCUT2D eigenvalue weighted by Gasteiger charge is 2.30. The molecule has 1 aliphatic heterocycles. The number of aliphatic carboxylic acids is 1. The van der Waals surface area contributed by atoms with Crippen LogP contribution < -0.4 is 5.32 Å². The Balaban J connectivity index is 1.92. The molecule has 1 heterocycles. The third-order valence-electron chi connectivity index (χ3n) is 5.11. The minimum atomic E-state index is -0.837. The summed E-state index contributed by atoms with van der Waals surface area (Å²) < 4.78 is 5.30. The van der Waals surface area contributed by atoms with Gasteiger partial charge in [-0.25, -0.2) is 0 Å². The number of hydrogen-bond donors (Lipinski definition) is 2. The number of benzene rings is 1. The van der Waals surface area contributed by atoms with Gasteiger partial charge in [0, 0.05) is 26.2 Å². The summed E-state index contributed by atoms with van der Waals surface area (Å²) in [5.74, 6) is -0.924. The first-order valence-corrected chi connectivity index (χ1v) is 9.11. The monoisotopic (exact) mass is 347 g/mol. The summed E-state index contributed by atoms with van der Waals surface area (Å²) in [4.78, 5) is 24.0. The van der Waals surface area contributed by atoms with Crippen molar-refractivity contribution in [1.29, 1.82) is 0 Å². The van der Waals surface area contributed by atoms with Crippen LogP contribution in [0.4, 0.5) is 0 Å². The fourth-order valence-corrected chi connectivity index (χ4v) is 3.51. The molecule has 138 valence electrons. The first kappa shape index (κ1) is 19.4. The number of rotatable bonds is 8. The van der Waals surface area contributed by atoms with E-state index in [2.05, 4.69) is 19.2 Å². The van der Waals surface area contributed by atoms with E-state index in [1.807, 2.05) is 30.3 Å². The average Bonchev–Trinajstić information content (AvgIpc) is 2.61. The summed E-state index contributed by atoms with van der Waals surface area (Å²) in [5.41, 5.74) is 1.15. The highest BCUT2D eigenvalue weighted by Crippen LogP contribution is 2.28. The fourth-order valence-electron chi connectivity index (χ4n) is 3.51. The van der Waals surface area contributed by atoms with Crippen molar-refractivity contribution in [2.24, 2.45) is 17.8 Å². The molecule has 2 atom stereocenters. The Bertz CT molecular complexity index is 552. The van der Waals surface area contributed by atoms with Crippen LogP contribution >= 0.6 is 0 Å². The molecular weight excluding hydrogens is 318 g/mol. The Morgan fingerprint density at radius 3 is 2.40 bits per heavy atom. The maximum absolute atomic E-state index is 12.4. The molecule has 0 aliphatic carbocycles. The Labute approximate surface area is 149 Å². The van der Waals surface area contributed by atoms with Crippen LogP contribution in [0.2, 0.25) is 0 Å². The van der Waals surface area contributed by atoms with Crippen LogP contribution in [0.1, 0.15) is 44.6 Å². The van der Waals surface area contributed by atoms with Gasteiger partial charge in [-0.2, -0.15) is 0 Å². The Morgan fingerprint density at radius 2 is 1.84 bits per heavy atom. The number of amides is 1. The van der Waals surface area contributed by atoms with Gasteiger partial charge in [0.1, 0.15) is 0 Å². The molecule has 1 aromatic carbocycles. The summed E-state index contributed by atoms with van der Waals surface area (Å²) in [5, 5.41) is 12.4. The number of hydrogen-bond acceptors (Lipinski definition) is 3. The summed E-state index contributed by atoms with van der Waals surface area (Å²) >= 11 is 0. The van der Waals surface area contributed by atoms with E-state index >= 15 is 0 Å². The maximum Gasteiger partial charge on any atom is 0.308 e. The summed E-state index contributed by atoms with van der Waals surface area (Å²) in [6, 6.07) is 10.0. The van der Waals surface area contributed by atoms with Crippen LogP contribution in [-0.4, -0.2) is 36.7 Å². The molecule has 2 unspecified atom stereocenters. The molecular formula is C20H29NO4. The summed E-state index contributed by atoms with van der Waals surface area (Å²) in [7, 11) is 0. The second-order valence-corrected chi connectivity index (χ2v) is 7.16. The topological polar surface area (TPSA) is 75.6 Å². The third-order valence-corrected chi connectivity index (χ3v) is 5.11. The number of ether oxygens (including phenoxy) is 1. The van der Waals surface area contributed by atoms with E-state index in [0.29, 0.717) is 25.6 Å². The lowest BCUT2D eigenvalue weighted by Crippen LogP contribution is -2.39. The van der Waals surface area contributed by atoms with Crippen molar-refractivity contribution in [2.75, 3.05) is 19.8 Å². The number of carboxylic acid groups (broad SMARTS) is 1. The molecule has 0 radical (unpaired) electrons. The van der Waals surface area contributed by atoms with Gasteiger partial charge in [0.15, 0.2) is 0 Å². The standard InChI is InChI=1S/C20H29NO4/c1-14(2)17(15-6-4-3-5-7-15)12-19(22)21-13-18(20(23)24)16-8-10-25-11-9-16/h3-7,14,16-18H,8-13H2,1-2H3,(H,21,22)(H,23,24). The lowest BCUT2D eigenvalue weighted by atomic mass is 9.84. The molecule has 2 rings (SSSR count). The van der Waals surface area contributed by atoms with Gasteiger partial charge in [0.05, 0.1) is 5.92 Å². The van der Waals surface area contributed by atoms with Gasteiger partial charge in [-0.1, -0.05) is 44.2 Å². The van der Waals surface area contributed by atoms with E-state index in [0.717, 1.165) is 18.4 Å². The van der Waals surface area contributed by atoms with Crippen LogP contribution in [-0.2, 0) is 14.3 Å². The number of carbonyl (C=O) groups is 2. The Morgan fingerprint density at radius 1 is 1.20 bits per heavy atom. The smallest absolute Gasteiger partial charge is 0.308 e. The van der Waals surface area contributed by atoms with Gasteiger partial charge >= 0.3 is 5.97 Å². The molecule has 1 aromatic rings. The Hall–Kier alpha value is -1.88. The van der Waals surface area contributed by atoms with E-state index in [-0.39, 0.29) is 24.3 Å².